The molecule has 232 valence electrons. The van der Waals surface area contributed by atoms with Crippen molar-refractivity contribution in [2.24, 2.45) is 27.2 Å². The lowest BCUT2D eigenvalue weighted by Crippen LogP contribution is -2.44. The van der Waals surface area contributed by atoms with E-state index >= 15 is 0 Å². The molecule has 0 spiro atoms. The molecular weight excluding hydrogens is 506 g/mol. The van der Waals surface area contributed by atoms with Gasteiger partial charge in [0.1, 0.15) is 0 Å². The van der Waals surface area contributed by atoms with Gasteiger partial charge < -0.3 is 0 Å². The first-order valence-electron chi connectivity index (χ1n) is 16.9. The molecule has 0 fully saturated rings. The zero-order chi connectivity index (χ0) is 31.7. The van der Waals surface area contributed by atoms with Crippen molar-refractivity contribution in [1.82, 2.24) is 0 Å². The Labute approximate surface area is 260 Å². The fourth-order valence-electron chi connectivity index (χ4n) is 7.22. The van der Waals surface area contributed by atoms with E-state index < -0.39 is 0 Å². The second-order valence-electron chi connectivity index (χ2n) is 16.3. The number of allylic oxidation sites excluding steroid dienone is 5. The summed E-state index contributed by atoms with van der Waals surface area (Å²) in [6.45, 7) is 33.3. The number of fused-ring (bicyclic) bond motifs is 1. The smallest absolute Gasteiger partial charge is 0.0305 e. The van der Waals surface area contributed by atoms with Crippen molar-refractivity contribution in [3.63, 3.8) is 0 Å². The van der Waals surface area contributed by atoms with E-state index in [1.54, 1.807) is 5.56 Å². The maximum atomic E-state index is 5.21. The van der Waals surface area contributed by atoms with E-state index in [1.165, 1.54) is 45.7 Å². The highest BCUT2D eigenvalue weighted by Gasteiger charge is 2.47. The summed E-state index contributed by atoms with van der Waals surface area (Å²) in [6.07, 6.45) is 21.1. The molecule has 1 aliphatic carbocycles. The van der Waals surface area contributed by atoms with Crippen LogP contribution in [-0.2, 0) is 10.8 Å². The predicted molar refractivity (Wildman–Crippen MR) is 189 cm³/mol. The molecule has 1 aromatic rings. The van der Waals surface area contributed by atoms with Crippen LogP contribution in [0.4, 0.5) is 0 Å². The van der Waals surface area contributed by atoms with Crippen LogP contribution in [0.15, 0.2) is 53.2 Å². The van der Waals surface area contributed by atoms with Gasteiger partial charge in [-0.2, -0.15) is 0 Å². The van der Waals surface area contributed by atoms with Gasteiger partial charge >= 0.3 is 0 Å². The molecule has 0 radical (unpaired) electrons. The van der Waals surface area contributed by atoms with E-state index in [2.05, 4.69) is 146 Å². The Hall–Kier alpha value is -2.15. The van der Waals surface area contributed by atoms with Crippen LogP contribution >= 0.6 is 0 Å². The molecule has 0 bridgehead atoms. The Kier molecular flexibility index (Phi) is 10.2. The molecule has 42 heavy (non-hydrogen) atoms. The summed E-state index contributed by atoms with van der Waals surface area (Å²) in [7, 11) is 0. The minimum Gasteiger partial charge on any atom is -0.265 e. The number of benzene rings is 1. The second kappa shape index (κ2) is 12.5. The molecule has 1 heterocycles. The Balaban J connectivity index is 2.46. The Morgan fingerprint density at radius 1 is 0.833 bits per heavy atom. The monoisotopic (exact) mass is 569 g/mol. The van der Waals surface area contributed by atoms with E-state index in [0.29, 0.717) is 5.92 Å². The lowest BCUT2D eigenvalue weighted by atomic mass is 9.55. The highest BCUT2D eigenvalue weighted by Crippen LogP contribution is 2.54. The highest BCUT2D eigenvalue weighted by molar-refractivity contribution is 5.92. The molecule has 0 saturated heterocycles. The molecule has 2 aliphatic rings. The lowest BCUT2D eigenvalue weighted by Gasteiger charge is -2.49. The maximum Gasteiger partial charge on any atom is 0.0305 e. The average Bonchev–Trinajstić information content (AvgIpc) is 2.91. The highest BCUT2D eigenvalue weighted by atomic mass is 14.8. The van der Waals surface area contributed by atoms with Crippen molar-refractivity contribution in [2.75, 3.05) is 0 Å². The van der Waals surface area contributed by atoms with Gasteiger partial charge in [-0.25, -0.2) is 0 Å². The molecule has 2 atom stereocenters. The Morgan fingerprint density at radius 3 is 1.90 bits per heavy atom. The average molecular weight is 570 g/mol. The summed E-state index contributed by atoms with van der Waals surface area (Å²) in [5.74, 6) is 0.318. The van der Waals surface area contributed by atoms with Gasteiger partial charge in [-0.05, 0) is 94.4 Å². The van der Waals surface area contributed by atoms with Gasteiger partial charge in [-0.3, -0.25) is 4.99 Å². The summed E-state index contributed by atoms with van der Waals surface area (Å²) < 4.78 is 0. The van der Waals surface area contributed by atoms with Gasteiger partial charge in [0.25, 0.3) is 0 Å². The van der Waals surface area contributed by atoms with Crippen molar-refractivity contribution < 1.29 is 0 Å². The van der Waals surface area contributed by atoms with E-state index in [1.807, 2.05) is 0 Å². The Bertz CT molecular complexity index is 1380. The number of aliphatic imine (C=N–C) groups is 1. The molecule has 0 saturated carbocycles. The standard InChI is InChI=1S/C41H63N/c1-15-18-21-40(12,13)41(14,22-19-16-2)33-27-36(37(5,6)7)42-28-32(33)29(4)31-26-35-34(25-30(31)20-17-3)38(8,9)23-24-39(35,10)11/h18-22,25-26,28,33H,15-17,23-24,27H2,1-14H3/b21-18?,22-19?,30-20-,31-29+. The van der Waals surface area contributed by atoms with E-state index in [0.717, 1.165) is 25.7 Å². The van der Waals surface area contributed by atoms with Crippen molar-refractivity contribution in [1.29, 1.82) is 0 Å². The topological polar surface area (TPSA) is 12.4 Å². The third-order valence-electron chi connectivity index (χ3n) is 10.9. The minimum absolute atomic E-state index is 0.0285. The van der Waals surface area contributed by atoms with Crippen LogP contribution in [0.2, 0.25) is 0 Å². The van der Waals surface area contributed by atoms with Crippen LogP contribution < -0.4 is 10.4 Å². The molecule has 1 aromatic carbocycles. The molecule has 0 amide bonds. The number of hydrogen-bond acceptors (Lipinski definition) is 1. The van der Waals surface area contributed by atoms with Crippen molar-refractivity contribution in [3.8, 4) is 0 Å². The fraction of sp³-hybridized carbons (Fsp3) is 0.634. The van der Waals surface area contributed by atoms with Crippen LogP contribution in [0, 0.1) is 22.2 Å². The SMILES string of the molecule is CCC=CC(C)(C)C(C)(C=CCC)C1CC(C(C)(C)C)=NC=C1/C(C)=c1\cc2c(c\c1=C\CC)C(C)(C)CCC2(C)C. The molecule has 1 aliphatic heterocycles. The first-order chi connectivity index (χ1) is 19.4. The van der Waals surface area contributed by atoms with Crippen molar-refractivity contribution in [3.05, 3.63) is 69.8 Å². The summed E-state index contributed by atoms with van der Waals surface area (Å²) in [4.78, 5) is 5.21. The summed E-state index contributed by atoms with van der Waals surface area (Å²) in [6, 6.07) is 5.13. The molecule has 1 nitrogen and oxygen atoms in total. The minimum atomic E-state index is -0.0850. The Morgan fingerprint density at radius 2 is 1.38 bits per heavy atom. The van der Waals surface area contributed by atoms with Gasteiger partial charge in [0.05, 0.1) is 0 Å². The van der Waals surface area contributed by atoms with Crippen LogP contribution in [0.5, 0.6) is 0 Å². The molecule has 3 rings (SSSR count). The van der Waals surface area contributed by atoms with Gasteiger partial charge in [-0.15, -0.1) is 0 Å². The van der Waals surface area contributed by atoms with Gasteiger partial charge in [-0.1, -0.05) is 133 Å². The summed E-state index contributed by atoms with van der Waals surface area (Å²) in [5.41, 5.74) is 7.48. The van der Waals surface area contributed by atoms with Crippen molar-refractivity contribution >= 4 is 17.4 Å². The second-order valence-corrected chi connectivity index (χ2v) is 16.3. The van der Waals surface area contributed by atoms with Gasteiger partial charge in [0.2, 0.25) is 0 Å². The van der Waals surface area contributed by atoms with E-state index in [-0.39, 0.29) is 27.1 Å². The van der Waals surface area contributed by atoms with Crippen LogP contribution in [0.3, 0.4) is 0 Å². The third-order valence-corrected chi connectivity index (χ3v) is 10.9. The van der Waals surface area contributed by atoms with E-state index in [9.17, 15) is 0 Å². The van der Waals surface area contributed by atoms with Crippen LogP contribution in [0.25, 0.3) is 11.6 Å². The van der Waals surface area contributed by atoms with Crippen molar-refractivity contribution in [2.45, 2.75) is 146 Å². The number of nitrogens with zero attached hydrogens (tertiary/aromatic N) is 1. The van der Waals surface area contributed by atoms with Gasteiger partial charge in [0.15, 0.2) is 0 Å². The first kappa shape index (κ1) is 34.3. The largest absolute Gasteiger partial charge is 0.265 e. The van der Waals surface area contributed by atoms with E-state index in [4.69, 9.17) is 4.99 Å². The van der Waals surface area contributed by atoms with Crippen LogP contribution in [-0.4, -0.2) is 5.71 Å². The zero-order valence-electron chi connectivity index (χ0n) is 29.9. The quantitative estimate of drug-likeness (QED) is 0.276. The molecular formula is C41H63N. The normalized spacial score (nSPS) is 23.5. The molecule has 1 heteroatoms. The third kappa shape index (κ3) is 6.66. The first-order valence-corrected chi connectivity index (χ1v) is 16.9. The molecule has 0 N–H and O–H groups in total. The fourth-order valence-corrected chi connectivity index (χ4v) is 7.22. The number of hydrogen-bond donors (Lipinski definition) is 0. The summed E-state index contributed by atoms with van der Waals surface area (Å²) in [5, 5.41) is 2.79. The van der Waals surface area contributed by atoms with Crippen LogP contribution in [0.1, 0.15) is 147 Å². The zero-order valence-corrected chi connectivity index (χ0v) is 29.9. The summed E-state index contributed by atoms with van der Waals surface area (Å²) >= 11 is 0. The number of rotatable bonds is 8. The lowest BCUT2D eigenvalue weighted by molar-refractivity contribution is 0.139. The van der Waals surface area contributed by atoms with Gasteiger partial charge in [0, 0.05) is 28.7 Å². The maximum absolute atomic E-state index is 5.21. The molecule has 2 unspecified atom stereocenters. The molecule has 0 aromatic heterocycles. The predicted octanol–water partition coefficient (Wildman–Crippen LogP) is 10.8.